The van der Waals surface area contributed by atoms with E-state index in [2.05, 4.69) is 15.5 Å². The van der Waals surface area contributed by atoms with Crippen molar-refractivity contribution in [1.82, 2.24) is 20.2 Å². The van der Waals surface area contributed by atoms with E-state index >= 15 is 0 Å². The molecular weight excluding hydrogens is 225 g/mol. The maximum Gasteiger partial charge on any atom is 0.238 e. The summed E-state index contributed by atoms with van der Waals surface area (Å²) < 4.78 is 22.6. The number of hydrogen-bond acceptors (Lipinski definition) is 5. The Morgan fingerprint density at radius 2 is 2.23 bits per heavy atom. The van der Waals surface area contributed by atoms with Crippen LogP contribution < -0.4 is 5.14 Å². The van der Waals surface area contributed by atoms with Crippen molar-refractivity contribution in [3.63, 3.8) is 0 Å². The molecule has 0 aliphatic rings. The monoisotopic (exact) mass is 232 g/mol. The van der Waals surface area contributed by atoms with Crippen LogP contribution in [0.4, 0.5) is 0 Å². The molecule has 0 fully saturated rings. The number of nitrogens with two attached hydrogens (primary N) is 1. The summed E-state index contributed by atoms with van der Waals surface area (Å²) in [4.78, 5) is 0. The molecule has 69 valence electrons. The minimum Gasteiger partial charge on any atom is -0.241 e. The molecule has 0 aromatic carbocycles. The van der Waals surface area contributed by atoms with Crippen molar-refractivity contribution in [2.24, 2.45) is 5.14 Å². The molecule has 0 amide bonds. The van der Waals surface area contributed by atoms with E-state index in [1.165, 1.54) is 4.68 Å². The number of nitrogens with one attached hydrogen (secondary N) is 1. The van der Waals surface area contributed by atoms with Gasteiger partial charge < -0.3 is 0 Å². The van der Waals surface area contributed by atoms with Gasteiger partial charge in [0.1, 0.15) is 0 Å². The molecule has 0 atom stereocenters. The van der Waals surface area contributed by atoms with E-state index in [4.69, 9.17) is 17.4 Å². The molecular formula is C3H7N5NaO2S2. The van der Waals surface area contributed by atoms with Gasteiger partial charge in [0.2, 0.25) is 14.8 Å². The normalized spacial score (nSPS) is 10.8. The quantitative estimate of drug-likeness (QED) is 0.474. The summed E-state index contributed by atoms with van der Waals surface area (Å²) in [6, 6.07) is 0. The van der Waals surface area contributed by atoms with Crippen LogP contribution in [0.15, 0.2) is 0 Å². The fourth-order valence-electron chi connectivity index (χ4n) is 0.580. The molecule has 13 heavy (non-hydrogen) atoms. The summed E-state index contributed by atoms with van der Waals surface area (Å²) in [6.07, 6.45) is 0. The predicted molar refractivity (Wildman–Crippen MR) is 48.9 cm³/mol. The molecule has 0 bridgehead atoms. The van der Waals surface area contributed by atoms with Gasteiger partial charge in [0.15, 0.2) is 0 Å². The van der Waals surface area contributed by atoms with Gasteiger partial charge in [-0.2, -0.15) is 5.21 Å². The Bertz CT molecular complexity index is 407. The Kier molecular flexibility index (Phi) is 5.25. The summed E-state index contributed by atoms with van der Waals surface area (Å²) in [7, 11) is -3.46. The van der Waals surface area contributed by atoms with Crippen molar-refractivity contribution in [3.05, 3.63) is 4.77 Å². The van der Waals surface area contributed by atoms with Gasteiger partial charge in [-0.25, -0.2) is 18.2 Å². The van der Waals surface area contributed by atoms with Crippen LogP contribution in [0.5, 0.6) is 0 Å². The number of aromatic amines is 1. The van der Waals surface area contributed by atoms with Crippen LogP contribution in [0, 0.1) is 4.77 Å². The third kappa shape index (κ3) is 4.84. The van der Waals surface area contributed by atoms with Gasteiger partial charge in [-0.1, -0.05) is 10.3 Å². The van der Waals surface area contributed by atoms with E-state index in [9.17, 15) is 8.42 Å². The second kappa shape index (κ2) is 5.17. The second-order valence-electron chi connectivity index (χ2n) is 2.10. The van der Waals surface area contributed by atoms with Crippen LogP contribution in [0.1, 0.15) is 0 Å². The summed E-state index contributed by atoms with van der Waals surface area (Å²) in [6.45, 7) is 0.144. The van der Waals surface area contributed by atoms with Gasteiger partial charge in [-0.05, 0) is 12.2 Å². The molecule has 0 unspecified atom stereocenters. The van der Waals surface area contributed by atoms with Crippen LogP contribution >= 0.6 is 12.2 Å². The maximum absolute atomic E-state index is 10.5. The molecule has 1 heterocycles. The van der Waals surface area contributed by atoms with Crippen LogP contribution in [0.25, 0.3) is 0 Å². The number of aryl methyl sites for hydroxylation is 1. The molecule has 1 aromatic rings. The first kappa shape index (κ1) is 13.2. The number of H-pyrrole nitrogens is 1. The standard InChI is InChI=1S/C3H7N5O2S2.Na/c4-12(9,10)2-1-8-3(11)5-6-7-8;/h1-2H2,(H2,4,9,10)(H,5,7,11);. The average Bonchev–Trinajstić information content (AvgIpc) is 2.29. The van der Waals surface area contributed by atoms with Gasteiger partial charge in [0.25, 0.3) is 0 Å². The van der Waals surface area contributed by atoms with Crippen molar-refractivity contribution >= 4 is 51.8 Å². The van der Waals surface area contributed by atoms with E-state index in [1.54, 1.807) is 0 Å². The van der Waals surface area contributed by atoms with Crippen molar-refractivity contribution in [2.45, 2.75) is 6.54 Å². The minimum absolute atomic E-state index is 0. The Hall–Kier alpha value is 0.200. The Morgan fingerprint density at radius 1 is 1.62 bits per heavy atom. The third-order valence-electron chi connectivity index (χ3n) is 1.13. The molecule has 7 nitrogen and oxygen atoms in total. The summed E-state index contributed by atoms with van der Waals surface area (Å²) in [5.74, 6) is -0.189. The van der Waals surface area contributed by atoms with E-state index < -0.39 is 10.0 Å². The summed E-state index contributed by atoms with van der Waals surface area (Å²) >= 11 is 4.70. The molecule has 0 spiro atoms. The molecule has 0 saturated heterocycles. The third-order valence-corrected chi connectivity index (χ3v) is 2.18. The number of aromatic nitrogens is 4. The van der Waals surface area contributed by atoms with Gasteiger partial charge in [0, 0.05) is 29.6 Å². The predicted octanol–water partition coefficient (Wildman–Crippen LogP) is -1.76. The van der Waals surface area contributed by atoms with Crippen LogP contribution in [-0.4, -0.2) is 63.9 Å². The minimum atomic E-state index is -3.46. The van der Waals surface area contributed by atoms with Gasteiger partial charge in [-0.3, -0.25) is 0 Å². The molecule has 1 rings (SSSR count). The topological polar surface area (TPSA) is 107 Å². The summed E-state index contributed by atoms with van der Waals surface area (Å²) in [5.41, 5.74) is 0. The van der Waals surface area contributed by atoms with Crippen molar-refractivity contribution < 1.29 is 8.42 Å². The molecule has 0 aliphatic heterocycles. The zero-order valence-electron chi connectivity index (χ0n) is 6.97. The Morgan fingerprint density at radius 3 is 2.62 bits per heavy atom. The number of primary sulfonamides is 1. The molecule has 0 aliphatic carbocycles. The molecule has 0 saturated carbocycles. The number of rotatable bonds is 3. The van der Waals surface area contributed by atoms with Gasteiger partial charge in [-0.15, -0.1) is 0 Å². The zero-order chi connectivity index (χ0) is 9.19. The SMILES string of the molecule is NS(=O)(=O)CCn1[nH]nnc1=S.[Na]. The first-order valence-corrected chi connectivity index (χ1v) is 5.10. The Balaban J connectivity index is 0.00000144. The molecule has 1 aromatic heterocycles. The first-order chi connectivity index (χ1) is 5.49. The number of tetrazole rings is 1. The van der Waals surface area contributed by atoms with Crippen molar-refractivity contribution in [1.29, 1.82) is 0 Å². The van der Waals surface area contributed by atoms with E-state index in [-0.39, 0.29) is 46.6 Å². The second-order valence-corrected chi connectivity index (χ2v) is 4.20. The summed E-state index contributed by atoms with van der Waals surface area (Å²) in [5, 5.41) is 14.0. The van der Waals surface area contributed by atoms with Crippen LogP contribution in [-0.2, 0) is 16.6 Å². The largest absolute Gasteiger partial charge is 0.241 e. The average molecular weight is 232 g/mol. The number of hydrogen-bond donors (Lipinski definition) is 2. The number of nitrogens with zero attached hydrogens (tertiary/aromatic N) is 3. The zero-order valence-corrected chi connectivity index (χ0v) is 10.6. The maximum atomic E-state index is 10.5. The first-order valence-electron chi connectivity index (χ1n) is 2.97. The van der Waals surface area contributed by atoms with E-state index in [0.717, 1.165) is 0 Å². The van der Waals surface area contributed by atoms with Gasteiger partial charge in [0.05, 0.1) is 12.3 Å². The van der Waals surface area contributed by atoms with E-state index in [0.29, 0.717) is 0 Å². The fourth-order valence-corrected chi connectivity index (χ4v) is 1.19. The molecule has 10 heteroatoms. The molecule has 1 radical (unpaired) electrons. The smallest absolute Gasteiger partial charge is 0.238 e. The van der Waals surface area contributed by atoms with E-state index in [1.807, 2.05) is 0 Å². The number of sulfonamides is 1. The fraction of sp³-hybridized carbons (Fsp3) is 0.667. The van der Waals surface area contributed by atoms with Crippen molar-refractivity contribution in [2.75, 3.05) is 5.75 Å². The Labute approximate surface area is 102 Å². The van der Waals surface area contributed by atoms with Crippen LogP contribution in [0.2, 0.25) is 0 Å². The van der Waals surface area contributed by atoms with Crippen molar-refractivity contribution in [3.8, 4) is 0 Å². The van der Waals surface area contributed by atoms with Gasteiger partial charge >= 0.3 is 0 Å². The molecule has 3 N–H and O–H groups in total. The van der Waals surface area contributed by atoms with Crippen LogP contribution in [0.3, 0.4) is 0 Å².